The average molecular weight is 314 g/mol. The number of amides is 1. The molecule has 3 rings (SSSR count). The highest BCUT2D eigenvalue weighted by Crippen LogP contribution is 2.44. The van der Waals surface area contributed by atoms with Crippen molar-refractivity contribution in [1.82, 2.24) is 4.90 Å². The molecule has 1 aliphatic heterocycles. The zero-order valence-corrected chi connectivity index (χ0v) is 13.5. The van der Waals surface area contributed by atoms with Gasteiger partial charge in [-0.3, -0.25) is 4.79 Å². The number of benzene rings is 1. The van der Waals surface area contributed by atoms with Gasteiger partial charge < -0.3 is 15.3 Å². The molecule has 1 aromatic rings. The molecule has 5 nitrogen and oxygen atoms in total. The molecule has 5 heteroatoms. The van der Waals surface area contributed by atoms with Crippen LogP contribution < -0.4 is 5.32 Å². The van der Waals surface area contributed by atoms with Crippen LogP contribution in [-0.2, 0) is 4.79 Å². The number of carboxylic acid groups (broad SMARTS) is 1. The standard InChI is InChI=1S/C18H22N2O3/c1-3-20(4-2)17(21)11-8-9-15-14(10-11)12-6-5-7-13(12)16(19-15)18(22)23/h5-6,8-10,12-13,16,19H,3-4,7H2,1-2H3,(H,22,23)/t12-,13+,16+/m0/s1. The van der Waals surface area contributed by atoms with Crippen molar-refractivity contribution in [1.29, 1.82) is 0 Å². The number of nitrogens with one attached hydrogen (secondary N) is 1. The second-order valence-corrected chi connectivity index (χ2v) is 6.09. The lowest BCUT2D eigenvalue weighted by Crippen LogP contribution is -2.42. The van der Waals surface area contributed by atoms with Gasteiger partial charge in [0.1, 0.15) is 6.04 Å². The van der Waals surface area contributed by atoms with Crippen molar-refractivity contribution < 1.29 is 14.7 Å². The van der Waals surface area contributed by atoms with Crippen LogP contribution in [-0.4, -0.2) is 41.0 Å². The summed E-state index contributed by atoms with van der Waals surface area (Å²) in [5.41, 5.74) is 2.52. The van der Waals surface area contributed by atoms with E-state index in [9.17, 15) is 14.7 Å². The Morgan fingerprint density at radius 3 is 2.70 bits per heavy atom. The van der Waals surface area contributed by atoms with E-state index in [1.807, 2.05) is 32.1 Å². The number of nitrogens with zero attached hydrogens (tertiary/aromatic N) is 1. The van der Waals surface area contributed by atoms with Gasteiger partial charge in [-0.25, -0.2) is 4.79 Å². The fraction of sp³-hybridized carbons (Fsp3) is 0.444. The summed E-state index contributed by atoms with van der Waals surface area (Å²) in [6.07, 6.45) is 4.87. The van der Waals surface area contributed by atoms with E-state index in [-0.39, 0.29) is 17.7 Å². The van der Waals surface area contributed by atoms with Crippen LogP contribution >= 0.6 is 0 Å². The van der Waals surface area contributed by atoms with Gasteiger partial charge in [-0.05, 0) is 44.0 Å². The normalized spacial score (nSPS) is 24.5. The minimum absolute atomic E-state index is 0.0128. The Balaban J connectivity index is 1.97. The molecular formula is C18H22N2O3. The molecule has 1 amide bonds. The van der Waals surface area contributed by atoms with Crippen LogP contribution in [0.2, 0.25) is 0 Å². The zero-order valence-electron chi connectivity index (χ0n) is 13.5. The molecule has 0 unspecified atom stereocenters. The average Bonchev–Trinajstić information content (AvgIpc) is 3.04. The molecule has 0 saturated carbocycles. The Morgan fingerprint density at radius 1 is 1.30 bits per heavy atom. The van der Waals surface area contributed by atoms with E-state index in [0.717, 1.165) is 17.7 Å². The lowest BCUT2D eigenvalue weighted by molar-refractivity contribution is -0.139. The predicted octanol–water partition coefficient (Wildman–Crippen LogP) is 2.71. The molecule has 0 aromatic heterocycles. The Labute approximate surface area is 136 Å². The largest absolute Gasteiger partial charge is 0.480 e. The van der Waals surface area contributed by atoms with Crippen LogP contribution in [0.4, 0.5) is 5.69 Å². The third-order valence-corrected chi connectivity index (χ3v) is 4.93. The first kappa shape index (κ1) is 15.6. The molecule has 2 N–H and O–H groups in total. The van der Waals surface area contributed by atoms with E-state index in [0.29, 0.717) is 18.7 Å². The topological polar surface area (TPSA) is 69.6 Å². The molecule has 0 fully saturated rings. The van der Waals surface area contributed by atoms with E-state index in [2.05, 4.69) is 11.4 Å². The summed E-state index contributed by atoms with van der Waals surface area (Å²) in [7, 11) is 0. The second kappa shape index (κ2) is 6.07. The summed E-state index contributed by atoms with van der Waals surface area (Å²) < 4.78 is 0. The Hall–Kier alpha value is -2.30. The Bertz CT molecular complexity index is 664. The van der Waals surface area contributed by atoms with Gasteiger partial charge in [0.15, 0.2) is 0 Å². The van der Waals surface area contributed by atoms with Gasteiger partial charge >= 0.3 is 5.97 Å². The number of fused-ring (bicyclic) bond motifs is 3. The third-order valence-electron chi connectivity index (χ3n) is 4.93. The number of anilines is 1. The van der Waals surface area contributed by atoms with Crippen molar-refractivity contribution in [3.05, 3.63) is 41.5 Å². The van der Waals surface area contributed by atoms with Gasteiger partial charge in [-0.15, -0.1) is 0 Å². The second-order valence-electron chi connectivity index (χ2n) is 6.09. The first-order valence-corrected chi connectivity index (χ1v) is 8.16. The van der Waals surface area contributed by atoms with E-state index in [1.54, 1.807) is 11.0 Å². The van der Waals surface area contributed by atoms with Crippen molar-refractivity contribution in [2.45, 2.75) is 32.2 Å². The van der Waals surface area contributed by atoms with Crippen molar-refractivity contribution >= 4 is 17.6 Å². The zero-order chi connectivity index (χ0) is 16.6. The molecule has 2 aliphatic rings. The van der Waals surface area contributed by atoms with Crippen LogP contribution in [0.15, 0.2) is 30.4 Å². The minimum atomic E-state index is -0.822. The number of aliphatic carboxylic acids is 1. The molecule has 3 atom stereocenters. The van der Waals surface area contributed by atoms with E-state index >= 15 is 0 Å². The first-order chi connectivity index (χ1) is 11.1. The van der Waals surface area contributed by atoms with Gasteiger partial charge in [0, 0.05) is 36.2 Å². The molecule has 1 heterocycles. The number of carboxylic acids is 1. The summed E-state index contributed by atoms with van der Waals surface area (Å²) in [5.74, 6) is -0.718. The van der Waals surface area contributed by atoms with Crippen LogP contribution in [0.3, 0.4) is 0 Å². The van der Waals surface area contributed by atoms with Crippen LogP contribution in [0.25, 0.3) is 0 Å². The summed E-state index contributed by atoms with van der Waals surface area (Å²) in [5, 5.41) is 12.6. The monoisotopic (exact) mass is 314 g/mol. The van der Waals surface area contributed by atoms with Crippen molar-refractivity contribution in [2.75, 3.05) is 18.4 Å². The number of carbonyl (C=O) groups excluding carboxylic acids is 1. The molecule has 1 aliphatic carbocycles. The number of rotatable bonds is 4. The maximum atomic E-state index is 12.6. The number of hydrogen-bond acceptors (Lipinski definition) is 3. The third kappa shape index (κ3) is 2.60. The highest BCUT2D eigenvalue weighted by atomic mass is 16.4. The molecule has 23 heavy (non-hydrogen) atoms. The minimum Gasteiger partial charge on any atom is -0.480 e. The molecule has 0 radical (unpaired) electrons. The smallest absolute Gasteiger partial charge is 0.326 e. The molecule has 0 saturated heterocycles. The van der Waals surface area contributed by atoms with E-state index in [1.165, 1.54) is 0 Å². The van der Waals surface area contributed by atoms with Crippen molar-refractivity contribution in [2.24, 2.45) is 5.92 Å². The van der Waals surface area contributed by atoms with E-state index in [4.69, 9.17) is 0 Å². The SMILES string of the molecule is CCN(CC)C(=O)c1ccc2c(c1)[C@H]1C=CC[C@H]1[C@H](C(=O)O)N2. The molecule has 122 valence electrons. The Morgan fingerprint density at radius 2 is 2.04 bits per heavy atom. The lowest BCUT2D eigenvalue weighted by Gasteiger charge is -2.35. The summed E-state index contributed by atoms with van der Waals surface area (Å²) in [6.45, 7) is 5.29. The van der Waals surface area contributed by atoms with Crippen LogP contribution in [0.5, 0.6) is 0 Å². The molecule has 1 aromatic carbocycles. The van der Waals surface area contributed by atoms with Crippen molar-refractivity contribution in [3.63, 3.8) is 0 Å². The lowest BCUT2D eigenvalue weighted by atomic mass is 9.79. The van der Waals surface area contributed by atoms with Gasteiger partial charge in [-0.1, -0.05) is 12.2 Å². The summed E-state index contributed by atoms with van der Waals surface area (Å²) in [4.78, 5) is 25.8. The first-order valence-electron chi connectivity index (χ1n) is 8.16. The van der Waals surface area contributed by atoms with Gasteiger partial charge in [0.2, 0.25) is 0 Å². The fourth-order valence-electron chi connectivity index (χ4n) is 3.67. The highest BCUT2D eigenvalue weighted by molar-refractivity contribution is 5.95. The Kier molecular flexibility index (Phi) is 4.11. The number of carbonyl (C=O) groups is 2. The number of allylic oxidation sites excluding steroid dienone is 2. The van der Waals surface area contributed by atoms with Gasteiger partial charge in [0.05, 0.1) is 0 Å². The van der Waals surface area contributed by atoms with Crippen LogP contribution in [0.1, 0.15) is 42.1 Å². The molecular weight excluding hydrogens is 292 g/mol. The predicted molar refractivity (Wildman–Crippen MR) is 88.7 cm³/mol. The van der Waals surface area contributed by atoms with Crippen molar-refractivity contribution in [3.8, 4) is 0 Å². The molecule has 0 bridgehead atoms. The maximum absolute atomic E-state index is 12.6. The summed E-state index contributed by atoms with van der Waals surface area (Å²) in [6, 6.07) is 4.97. The fourth-order valence-corrected chi connectivity index (χ4v) is 3.67. The highest BCUT2D eigenvalue weighted by Gasteiger charge is 2.40. The van der Waals surface area contributed by atoms with Gasteiger partial charge in [0.25, 0.3) is 5.91 Å². The van der Waals surface area contributed by atoms with Gasteiger partial charge in [-0.2, -0.15) is 0 Å². The quantitative estimate of drug-likeness (QED) is 0.838. The maximum Gasteiger partial charge on any atom is 0.326 e. The molecule has 0 spiro atoms. The van der Waals surface area contributed by atoms with Crippen LogP contribution in [0, 0.1) is 5.92 Å². The number of hydrogen-bond donors (Lipinski definition) is 2. The summed E-state index contributed by atoms with van der Waals surface area (Å²) >= 11 is 0. The van der Waals surface area contributed by atoms with E-state index < -0.39 is 12.0 Å².